The number of hydrogen-bond donors (Lipinski definition) is 0. The lowest BCUT2D eigenvalue weighted by Crippen LogP contribution is -2.74. The number of carbonyl (C=O) groups excluding carboxylic acids is 1. The lowest BCUT2D eigenvalue weighted by atomic mass is 10.3. The molecule has 0 spiro atoms. The lowest BCUT2D eigenvalue weighted by Gasteiger charge is -2.34. The average Bonchev–Trinajstić information content (AvgIpc) is 3.01. The Morgan fingerprint density at radius 2 is 0.923 bits per heavy atom. The summed E-state index contributed by atoms with van der Waals surface area (Å²) in [5, 5.41) is 4.77. The Morgan fingerprint density at radius 1 is 0.590 bits per heavy atom. The van der Waals surface area contributed by atoms with Gasteiger partial charge in [0.15, 0.2) is 8.07 Å². The highest BCUT2D eigenvalue weighted by Crippen LogP contribution is 2.18. The molecule has 7 heteroatoms. The number of rotatable bonds is 12. The summed E-state index contributed by atoms with van der Waals surface area (Å²) in [5.74, 6) is 2.62. The molecule has 0 unspecified atom stereocenters. The van der Waals surface area contributed by atoms with Crippen LogP contribution in [0.2, 0.25) is 0 Å². The van der Waals surface area contributed by atoms with Gasteiger partial charge in [-0.3, -0.25) is 0 Å². The molecular formula is C32H32O6Si. The molecule has 0 aliphatic rings. The van der Waals surface area contributed by atoms with E-state index < -0.39 is 14.0 Å². The third-order valence-electron chi connectivity index (χ3n) is 6.62. The minimum atomic E-state index is -2.79. The Bertz CT molecular complexity index is 1250. The molecule has 0 aromatic heterocycles. The number of hydrogen-bond acceptors (Lipinski definition) is 6. The summed E-state index contributed by atoms with van der Waals surface area (Å²) in [6, 6.07) is 33.1. The summed E-state index contributed by atoms with van der Waals surface area (Å²) in [6.45, 7) is 3.80. The summed E-state index contributed by atoms with van der Waals surface area (Å²) in [5.41, 5.74) is 0. The monoisotopic (exact) mass is 540 g/mol. The van der Waals surface area contributed by atoms with Crippen LogP contribution < -0.4 is 39.7 Å². The summed E-state index contributed by atoms with van der Waals surface area (Å²) >= 11 is 0. The van der Waals surface area contributed by atoms with Gasteiger partial charge >= 0.3 is 5.97 Å². The Hall–Kier alpha value is -4.49. The van der Waals surface area contributed by atoms with Crippen LogP contribution in [0.3, 0.4) is 0 Å². The molecule has 0 heterocycles. The molecule has 200 valence electrons. The third-order valence-corrected chi connectivity index (χ3v) is 11.4. The molecule has 0 saturated carbocycles. The molecule has 0 N–H and O–H groups in total. The summed E-state index contributed by atoms with van der Waals surface area (Å²) in [6.07, 6.45) is 1.14. The van der Waals surface area contributed by atoms with Crippen LogP contribution in [0.4, 0.5) is 0 Å². The number of ether oxygens (including phenoxy) is 5. The first-order valence-electron chi connectivity index (χ1n) is 12.5. The maximum Gasteiger partial charge on any atom is 0.330 e. The third kappa shape index (κ3) is 5.99. The fourth-order valence-electron chi connectivity index (χ4n) is 4.68. The van der Waals surface area contributed by atoms with Crippen LogP contribution in [-0.4, -0.2) is 48.6 Å². The highest BCUT2D eigenvalue weighted by molar-refractivity contribution is 7.19. The van der Waals surface area contributed by atoms with Gasteiger partial charge in [0.1, 0.15) is 36.2 Å². The largest absolute Gasteiger partial charge is 0.497 e. The molecular weight excluding hydrogens is 508 g/mol. The second-order valence-electron chi connectivity index (χ2n) is 8.68. The van der Waals surface area contributed by atoms with E-state index in [1.54, 1.807) is 21.3 Å². The van der Waals surface area contributed by atoms with E-state index in [0.29, 0.717) is 5.75 Å². The van der Waals surface area contributed by atoms with E-state index >= 15 is 0 Å². The van der Waals surface area contributed by atoms with Gasteiger partial charge in [-0.05, 0) is 69.3 Å². The van der Waals surface area contributed by atoms with Crippen LogP contribution in [-0.2, 0) is 9.53 Å². The van der Waals surface area contributed by atoms with Crippen molar-refractivity contribution in [3.05, 3.63) is 110 Å². The van der Waals surface area contributed by atoms with Gasteiger partial charge in [0, 0.05) is 6.08 Å². The molecule has 0 fully saturated rings. The van der Waals surface area contributed by atoms with Crippen molar-refractivity contribution in [1.82, 2.24) is 0 Å². The molecule has 0 saturated heterocycles. The van der Waals surface area contributed by atoms with Gasteiger partial charge in [-0.25, -0.2) is 4.79 Å². The first-order valence-corrected chi connectivity index (χ1v) is 14.5. The maximum atomic E-state index is 11.3. The van der Waals surface area contributed by atoms with Crippen LogP contribution >= 0.6 is 0 Å². The number of esters is 1. The fraction of sp³-hybridized carbons (Fsp3) is 0.156. The van der Waals surface area contributed by atoms with Crippen LogP contribution in [0.15, 0.2) is 110 Å². The Labute approximate surface area is 230 Å². The van der Waals surface area contributed by atoms with Crippen molar-refractivity contribution >= 4 is 34.8 Å². The Morgan fingerprint density at radius 3 is 1.23 bits per heavy atom. The van der Waals surface area contributed by atoms with Gasteiger partial charge in [-0.2, -0.15) is 0 Å². The van der Waals surface area contributed by atoms with Gasteiger partial charge in [0.2, 0.25) is 0 Å². The molecule has 4 aromatic carbocycles. The molecule has 0 atom stereocenters. The van der Waals surface area contributed by atoms with Gasteiger partial charge in [0.05, 0.1) is 21.3 Å². The van der Waals surface area contributed by atoms with Gasteiger partial charge in [-0.15, -0.1) is 0 Å². The molecule has 0 aliphatic heterocycles. The van der Waals surface area contributed by atoms with E-state index in [9.17, 15) is 4.79 Å². The maximum absolute atomic E-state index is 11.3. The predicted molar refractivity (Wildman–Crippen MR) is 156 cm³/mol. The minimum Gasteiger partial charge on any atom is -0.497 e. The standard InChI is InChI=1S/C32H32O6Si/c1-5-32(33)38-23-22-37-27-12-20-31(21-13-27)39(28-14-6-24(34-2)7-15-28,29-16-8-25(35-3)9-17-29)30-18-10-26(36-4)11-19-30/h5-21H,1,22-23H2,2-4H3. The topological polar surface area (TPSA) is 63.2 Å². The molecule has 0 bridgehead atoms. The van der Waals surface area contributed by atoms with E-state index in [2.05, 4.69) is 55.1 Å². The van der Waals surface area contributed by atoms with Crippen LogP contribution in [0.25, 0.3) is 0 Å². The molecule has 0 aliphatic carbocycles. The molecule has 0 amide bonds. The normalized spacial score (nSPS) is 10.8. The summed E-state index contributed by atoms with van der Waals surface area (Å²) in [7, 11) is 2.22. The van der Waals surface area contributed by atoms with Crippen molar-refractivity contribution in [2.24, 2.45) is 0 Å². The van der Waals surface area contributed by atoms with E-state index in [4.69, 9.17) is 23.7 Å². The first-order chi connectivity index (χ1) is 19.0. The lowest BCUT2D eigenvalue weighted by molar-refractivity contribution is -0.138. The van der Waals surface area contributed by atoms with E-state index in [1.807, 2.05) is 48.5 Å². The van der Waals surface area contributed by atoms with Crippen LogP contribution in [0.1, 0.15) is 0 Å². The quantitative estimate of drug-likeness (QED) is 0.0905. The van der Waals surface area contributed by atoms with Crippen molar-refractivity contribution in [3.63, 3.8) is 0 Å². The molecule has 0 radical (unpaired) electrons. The number of benzene rings is 4. The van der Waals surface area contributed by atoms with Crippen molar-refractivity contribution < 1.29 is 28.5 Å². The summed E-state index contributed by atoms with van der Waals surface area (Å²) in [4.78, 5) is 11.3. The van der Waals surface area contributed by atoms with E-state index in [-0.39, 0.29) is 13.2 Å². The highest BCUT2D eigenvalue weighted by atomic mass is 28.3. The van der Waals surface area contributed by atoms with Crippen molar-refractivity contribution in [1.29, 1.82) is 0 Å². The smallest absolute Gasteiger partial charge is 0.330 e. The van der Waals surface area contributed by atoms with Gasteiger partial charge < -0.3 is 23.7 Å². The van der Waals surface area contributed by atoms with Crippen LogP contribution in [0, 0.1) is 0 Å². The zero-order valence-corrected chi connectivity index (χ0v) is 23.4. The average molecular weight is 541 g/mol. The first kappa shape index (κ1) is 27.5. The molecule has 39 heavy (non-hydrogen) atoms. The van der Waals surface area contributed by atoms with Crippen LogP contribution in [0.5, 0.6) is 23.0 Å². The Balaban J connectivity index is 1.84. The SMILES string of the molecule is C=CC(=O)OCCOc1ccc([Si](c2ccc(OC)cc2)(c2ccc(OC)cc2)c2ccc(OC)cc2)cc1. The Kier molecular flexibility index (Phi) is 9.07. The van der Waals surface area contributed by atoms with Crippen molar-refractivity contribution in [2.45, 2.75) is 0 Å². The van der Waals surface area contributed by atoms with Crippen molar-refractivity contribution in [2.75, 3.05) is 34.5 Å². The van der Waals surface area contributed by atoms with E-state index in [0.717, 1.165) is 23.3 Å². The molecule has 4 rings (SSSR count). The van der Waals surface area contributed by atoms with E-state index in [1.165, 1.54) is 20.7 Å². The van der Waals surface area contributed by atoms with Gasteiger partial charge in [-0.1, -0.05) is 55.1 Å². The second kappa shape index (κ2) is 12.8. The minimum absolute atomic E-state index is 0.148. The second-order valence-corrected chi connectivity index (χ2v) is 12.5. The zero-order valence-electron chi connectivity index (χ0n) is 22.4. The van der Waals surface area contributed by atoms with Gasteiger partial charge in [0.25, 0.3) is 0 Å². The predicted octanol–water partition coefficient (Wildman–Crippen LogP) is 3.20. The number of methoxy groups -OCH3 is 3. The number of carbonyl (C=O) groups is 1. The summed E-state index contributed by atoms with van der Waals surface area (Å²) < 4.78 is 27.3. The zero-order chi connectivity index (χ0) is 27.7. The highest BCUT2D eigenvalue weighted by Gasteiger charge is 2.41. The van der Waals surface area contributed by atoms with Crippen molar-refractivity contribution in [3.8, 4) is 23.0 Å². The molecule has 4 aromatic rings. The fourth-order valence-corrected chi connectivity index (χ4v) is 9.35. The molecule has 6 nitrogen and oxygen atoms in total.